The first-order valence-electron chi connectivity index (χ1n) is 6.29. The Hall–Kier alpha value is -2.40. The molecule has 0 fully saturated rings. The van der Waals surface area contributed by atoms with Crippen molar-refractivity contribution in [2.75, 3.05) is 0 Å². The predicted molar refractivity (Wildman–Crippen MR) is 75.7 cm³/mol. The van der Waals surface area contributed by atoms with Gasteiger partial charge in [-0.15, -0.1) is 0 Å². The second-order valence-electron chi connectivity index (χ2n) is 4.98. The number of ketones is 2. The minimum absolute atomic E-state index is 0.113. The molecule has 2 aromatic carbocycles. The van der Waals surface area contributed by atoms with Crippen LogP contribution in [0.25, 0.3) is 0 Å². The van der Waals surface area contributed by atoms with Gasteiger partial charge >= 0.3 is 0 Å². The molecule has 0 N–H and O–H groups in total. The summed E-state index contributed by atoms with van der Waals surface area (Å²) >= 11 is 0. The van der Waals surface area contributed by atoms with E-state index in [4.69, 9.17) is 0 Å². The van der Waals surface area contributed by atoms with E-state index in [9.17, 15) is 35.5 Å². The van der Waals surface area contributed by atoms with Gasteiger partial charge in [0.2, 0.25) is 0 Å². The van der Waals surface area contributed by atoms with Crippen molar-refractivity contribution in [2.45, 2.75) is 9.79 Å². The minimum Gasteiger partial charge on any atom is -0.744 e. The van der Waals surface area contributed by atoms with Crippen LogP contribution in [0.5, 0.6) is 0 Å². The maximum Gasteiger partial charge on any atom is 0.194 e. The Balaban J connectivity index is 2.27. The van der Waals surface area contributed by atoms with Gasteiger partial charge in [0, 0.05) is 22.3 Å². The van der Waals surface area contributed by atoms with Crippen molar-refractivity contribution >= 4 is 31.8 Å². The van der Waals surface area contributed by atoms with Crippen LogP contribution in [0.15, 0.2) is 46.2 Å². The van der Waals surface area contributed by atoms with Crippen molar-refractivity contribution in [1.82, 2.24) is 0 Å². The maximum absolute atomic E-state index is 12.5. The summed E-state index contributed by atoms with van der Waals surface area (Å²) in [6.07, 6.45) is 0. The summed E-state index contributed by atoms with van der Waals surface area (Å²) in [6, 6.07) is 5.43. The summed E-state index contributed by atoms with van der Waals surface area (Å²) < 4.78 is 66.4. The van der Waals surface area contributed by atoms with Gasteiger partial charge in [0.05, 0.1) is 9.79 Å². The van der Waals surface area contributed by atoms with Gasteiger partial charge in [-0.2, -0.15) is 0 Å². The highest BCUT2D eigenvalue weighted by Gasteiger charge is 2.30. The summed E-state index contributed by atoms with van der Waals surface area (Å²) in [5, 5.41) is 0. The smallest absolute Gasteiger partial charge is 0.194 e. The molecule has 8 nitrogen and oxygen atoms in total. The monoisotopic (exact) mass is 366 g/mol. The molecule has 24 heavy (non-hydrogen) atoms. The van der Waals surface area contributed by atoms with E-state index < -0.39 is 41.6 Å². The van der Waals surface area contributed by atoms with Crippen LogP contribution in [0.1, 0.15) is 31.8 Å². The fourth-order valence-electron chi connectivity index (χ4n) is 2.42. The number of hydrogen-bond donors (Lipinski definition) is 0. The quantitative estimate of drug-likeness (QED) is 0.587. The van der Waals surface area contributed by atoms with Crippen molar-refractivity contribution < 1.29 is 35.5 Å². The van der Waals surface area contributed by atoms with Crippen LogP contribution in [0.3, 0.4) is 0 Å². The van der Waals surface area contributed by atoms with Gasteiger partial charge < -0.3 is 9.11 Å². The summed E-state index contributed by atoms with van der Waals surface area (Å²) in [4.78, 5) is 23.4. The lowest BCUT2D eigenvalue weighted by Gasteiger charge is -2.20. The van der Waals surface area contributed by atoms with Crippen LogP contribution >= 0.6 is 0 Å². The number of hydrogen-bond acceptors (Lipinski definition) is 8. The van der Waals surface area contributed by atoms with Crippen molar-refractivity contribution in [1.29, 1.82) is 0 Å². The maximum atomic E-state index is 12.5. The second kappa shape index (κ2) is 5.05. The van der Waals surface area contributed by atoms with E-state index in [0.717, 1.165) is 36.4 Å². The molecule has 0 unspecified atom stereocenters. The Kier molecular flexibility index (Phi) is 3.46. The number of carbonyl (C=O) groups is 2. The third-order valence-corrected chi connectivity index (χ3v) is 5.20. The van der Waals surface area contributed by atoms with Crippen LogP contribution in [0.4, 0.5) is 0 Å². The molecule has 0 aromatic heterocycles. The molecule has 124 valence electrons. The molecule has 0 saturated heterocycles. The Bertz CT molecular complexity index is 1040. The van der Waals surface area contributed by atoms with Gasteiger partial charge in [0.1, 0.15) is 20.2 Å². The Morgan fingerprint density at radius 1 is 0.583 bits per heavy atom. The van der Waals surface area contributed by atoms with E-state index in [2.05, 4.69) is 0 Å². The Morgan fingerprint density at radius 3 is 1.25 bits per heavy atom. The minimum atomic E-state index is -4.85. The average Bonchev–Trinajstić information content (AvgIpc) is 2.49. The van der Waals surface area contributed by atoms with Gasteiger partial charge in [0.15, 0.2) is 11.6 Å². The third kappa shape index (κ3) is 2.55. The zero-order valence-electron chi connectivity index (χ0n) is 11.5. The molecule has 0 atom stereocenters. The lowest BCUT2D eigenvalue weighted by molar-refractivity contribution is 0.0978. The van der Waals surface area contributed by atoms with Crippen LogP contribution in [0, 0.1) is 0 Å². The molecule has 3 rings (SSSR count). The van der Waals surface area contributed by atoms with E-state index in [-0.39, 0.29) is 22.3 Å². The fraction of sp³-hybridized carbons (Fsp3) is 0. The lowest BCUT2D eigenvalue weighted by atomic mass is 9.84. The Labute approximate surface area is 136 Å². The molecule has 1 aliphatic carbocycles. The molecule has 2 aromatic rings. The van der Waals surface area contributed by atoms with E-state index >= 15 is 0 Å². The van der Waals surface area contributed by atoms with Gasteiger partial charge in [-0.1, -0.05) is 0 Å². The molecule has 0 heterocycles. The van der Waals surface area contributed by atoms with Gasteiger partial charge in [-0.3, -0.25) is 9.59 Å². The average molecular weight is 366 g/mol. The number of carbonyl (C=O) groups excluding carboxylic acids is 2. The zero-order chi connectivity index (χ0) is 17.9. The second-order valence-corrected chi connectivity index (χ2v) is 7.74. The summed E-state index contributed by atoms with van der Waals surface area (Å²) in [5.41, 5.74) is -0.912. The first kappa shape index (κ1) is 16.5. The molecule has 0 spiro atoms. The van der Waals surface area contributed by atoms with Crippen LogP contribution in [-0.4, -0.2) is 37.5 Å². The highest BCUT2D eigenvalue weighted by atomic mass is 32.2. The van der Waals surface area contributed by atoms with Crippen molar-refractivity contribution in [3.05, 3.63) is 58.7 Å². The molecule has 0 aliphatic heterocycles. The highest BCUT2D eigenvalue weighted by molar-refractivity contribution is 7.86. The summed E-state index contributed by atoms with van der Waals surface area (Å²) in [7, 11) is -9.69. The lowest BCUT2D eigenvalue weighted by Crippen LogP contribution is -2.22. The standard InChI is InChI=1S/C14H8O8S2/c15-13-9-3-1-7(23(17,18)19)5-11(9)14(16)12-6-8(24(20,21)22)2-4-10(12)13/h1-6H,(H,17,18,19)(H,20,21,22)/p-2. The highest BCUT2D eigenvalue weighted by Crippen LogP contribution is 2.30. The predicted octanol–water partition coefficient (Wildman–Crippen LogP) is 0.270. The van der Waals surface area contributed by atoms with E-state index in [1.807, 2.05) is 0 Å². The van der Waals surface area contributed by atoms with Gasteiger partial charge in [0.25, 0.3) is 0 Å². The van der Waals surface area contributed by atoms with Gasteiger partial charge in [-0.05, 0) is 36.4 Å². The summed E-state index contributed by atoms with van der Waals surface area (Å²) in [6.45, 7) is 0. The fourth-order valence-corrected chi connectivity index (χ4v) is 3.41. The normalized spacial score (nSPS) is 14.2. The first-order chi connectivity index (χ1) is 11.0. The molecule has 10 heteroatoms. The molecular formula is C14H6O8S2-2. The van der Waals surface area contributed by atoms with E-state index in [1.54, 1.807) is 0 Å². The van der Waals surface area contributed by atoms with Gasteiger partial charge in [-0.25, -0.2) is 16.8 Å². The SMILES string of the molecule is O=C1c2ccc(S(=O)(=O)[O-])cc2C(=O)c2cc(S(=O)(=O)[O-])ccc21. The molecule has 0 bridgehead atoms. The van der Waals surface area contributed by atoms with Crippen molar-refractivity contribution in [3.8, 4) is 0 Å². The largest absolute Gasteiger partial charge is 0.744 e. The Morgan fingerprint density at radius 2 is 0.917 bits per heavy atom. The van der Waals surface area contributed by atoms with Crippen molar-refractivity contribution in [2.24, 2.45) is 0 Å². The van der Waals surface area contributed by atoms with Crippen LogP contribution in [-0.2, 0) is 20.2 Å². The third-order valence-electron chi connectivity index (χ3n) is 3.54. The zero-order valence-corrected chi connectivity index (χ0v) is 13.2. The number of benzene rings is 2. The molecular weight excluding hydrogens is 360 g/mol. The molecule has 0 saturated carbocycles. The van der Waals surface area contributed by atoms with E-state index in [0.29, 0.717) is 0 Å². The number of rotatable bonds is 2. The van der Waals surface area contributed by atoms with E-state index in [1.165, 1.54) is 0 Å². The van der Waals surface area contributed by atoms with Crippen LogP contribution in [0.2, 0.25) is 0 Å². The molecule has 0 amide bonds. The molecule has 1 aliphatic rings. The molecule has 0 radical (unpaired) electrons. The van der Waals surface area contributed by atoms with Crippen LogP contribution < -0.4 is 0 Å². The first-order valence-corrected chi connectivity index (χ1v) is 9.11. The summed E-state index contributed by atoms with van der Waals surface area (Å²) in [5.74, 6) is -1.50. The topological polar surface area (TPSA) is 149 Å². The van der Waals surface area contributed by atoms with Crippen molar-refractivity contribution in [3.63, 3.8) is 0 Å². The number of fused-ring (bicyclic) bond motifs is 2.